The maximum Gasteiger partial charge on any atom is 0.137 e. The molecule has 0 saturated carbocycles. The molecular formula is C19H19ClO. The molecule has 1 unspecified atom stereocenters. The molecule has 0 aromatic heterocycles. The van der Waals surface area contributed by atoms with Crippen LogP contribution >= 0.6 is 11.6 Å². The van der Waals surface area contributed by atoms with Crippen molar-refractivity contribution >= 4 is 17.4 Å². The Bertz CT molecular complexity index is 630. The first-order chi connectivity index (χ1) is 10.2. The van der Waals surface area contributed by atoms with Crippen molar-refractivity contribution < 1.29 is 4.79 Å². The van der Waals surface area contributed by atoms with E-state index in [9.17, 15) is 4.79 Å². The van der Waals surface area contributed by atoms with E-state index in [1.807, 2.05) is 24.3 Å². The van der Waals surface area contributed by atoms with Crippen LogP contribution < -0.4 is 0 Å². The molecule has 1 atom stereocenters. The van der Waals surface area contributed by atoms with Gasteiger partial charge in [-0.2, -0.15) is 0 Å². The zero-order valence-corrected chi connectivity index (χ0v) is 12.8. The average molecular weight is 299 g/mol. The van der Waals surface area contributed by atoms with E-state index in [1.165, 1.54) is 17.5 Å². The molecule has 1 nitrogen and oxygen atoms in total. The molecule has 2 aromatic carbocycles. The predicted octanol–water partition coefficient (Wildman–Crippen LogP) is 4.96. The summed E-state index contributed by atoms with van der Waals surface area (Å²) in [5.74, 6) is 0.716. The number of hydrogen-bond donors (Lipinski definition) is 0. The minimum absolute atomic E-state index is 0.319. The van der Waals surface area contributed by atoms with Gasteiger partial charge in [-0.1, -0.05) is 48.0 Å². The van der Waals surface area contributed by atoms with Crippen molar-refractivity contribution in [1.82, 2.24) is 0 Å². The molecule has 1 aliphatic rings. The first-order valence-electron chi connectivity index (χ1n) is 7.56. The van der Waals surface area contributed by atoms with Gasteiger partial charge in [0.05, 0.1) is 0 Å². The molecule has 0 amide bonds. The highest BCUT2D eigenvalue weighted by molar-refractivity contribution is 6.30. The Balaban J connectivity index is 1.67. The number of halogens is 1. The number of carbonyl (C=O) groups excluding carboxylic acids is 1. The van der Waals surface area contributed by atoms with Crippen molar-refractivity contribution in [1.29, 1.82) is 0 Å². The topological polar surface area (TPSA) is 17.1 Å². The summed E-state index contributed by atoms with van der Waals surface area (Å²) in [5.41, 5.74) is 3.86. The van der Waals surface area contributed by atoms with Gasteiger partial charge in [-0.15, -0.1) is 0 Å². The molecule has 0 N–H and O–H groups in total. The molecule has 3 rings (SSSR count). The largest absolute Gasteiger partial charge is 0.299 e. The number of ketones is 1. The van der Waals surface area contributed by atoms with Crippen molar-refractivity contribution in [2.24, 2.45) is 0 Å². The normalized spacial score (nSPS) is 17.3. The number of benzene rings is 2. The SMILES string of the molecule is O=C(Cc1ccc(Cl)cc1)CC1CCCc2ccccc21. The summed E-state index contributed by atoms with van der Waals surface area (Å²) < 4.78 is 0. The number of rotatable bonds is 4. The average Bonchev–Trinajstić information content (AvgIpc) is 2.50. The van der Waals surface area contributed by atoms with Crippen molar-refractivity contribution in [3.05, 3.63) is 70.2 Å². The van der Waals surface area contributed by atoms with Crippen LogP contribution in [0.25, 0.3) is 0 Å². The van der Waals surface area contributed by atoms with Gasteiger partial charge in [-0.05, 0) is 54.0 Å². The summed E-state index contributed by atoms with van der Waals surface area (Å²) in [6.07, 6.45) is 4.63. The maximum atomic E-state index is 12.3. The van der Waals surface area contributed by atoms with Crippen LogP contribution in [0, 0.1) is 0 Å². The third-order valence-electron chi connectivity index (χ3n) is 4.28. The number of fused-ring (bicyclic) bond motifs is 1. The summed E-state index contributed by atoms with van der Waals surface area (Å²) >= 11 is 5.88. The van der Waals surface area contributed by atoms with E-state index in [0.717, 1.165) is 18.4 Å². The summed E-state index contributed by atoms with van der Waals surface area (Å²) in [4.78, 5) is 12.3. The predicted molar refractivity (Wildman–Crippen MR) is 86.9 cm³/mol. The highest BCUT2D eigenvalue weighted by Crippen LogP contribution is 2.34. The van der Waals surface area contributed by atoms with E-state index in [1.54, 1.807) is 0 Å². The summed E-state index contributed by atoms with van der Waals surface area (Å²) in [6, 6.07) is 16.1. The zero-order valence-electron chi connectivity index (χ0n) is 12.0. The van der Waals surface area contributed by atoms with Crippen LogP contribution in [0.5, 0.6) is 0 Å². The van der Waals surface area contributed by atoms with Crippen LogP contribution in [0.2, 0.25) is 5.02 Å². The van der Waals surface area contributed by atoms with Crippen molar-refractivity contribution in [3.8, 4) is 0 Å². The van der Waals surface area contributed by atoms with Gasteiger partial charge >= 0.3 is 0 Å². The van der Waals surface area contributed by atoms with E-state index < -0.39 is 0 Å². The number of Topliss-reactive ketones (excluding diaryl/α,β-unsaturated/α-hetero) is 1. The first-order valence-corrected chi connectivity index (χ1v) is 7.94. The molecule has 0 aliphatic heterocycles. The van der Waals surface area contributed by atoms with Crippen LogP contribution in [0.3, 0.4) is 0 Å². The van der Waals surface area contributed by atoms with Gasteiger partial charge in [0.25, 0.3) is 0 Å². The fourth-order valence-corrected chi connectivity index (χ4v) is 3.37. The van der Waals surface area contributed by atoms with E-state index >= 15 is 0 Å². The Labute approximate surface area is 131 Å². The van der Waals surface area contributed by atoms with Gasteiger partial charge in [0, 0.05) is 17.9 Å². The van der Waals surface area contributed by atoms with Gasteiger partial charge in [-0.3, -0.25) is 4.79 Å². The molecule has 0 radical (unpaired) electrons. The van der Waals surface area contributed by atoms with Gasteiger partial charge in [0.15, 0.2) is 0 Å². The lowest BCUT2D eigenvalue weighted by molar-refractivity contribution is -0.118. The van der Waals surface area contributed by atoms with E-state index in [4.69, 9.17) is 11.6 Å². The van der Waals surface area contributed by atoms with Crippen molar-refractivity contribution in [2.45, 2.75) is 38.0 Å². The Morgan fingerprint density at radius 3 is 2.67 bits per heavy atom. The molecule has 1 aliphatic carbocycles. The zero-order chi connectivity index (χ0) is 14.7. The molecule has 2 heteroatoms. The third-order valence-corrected chi connectivity index (χ3v) is 4.53. The van der Waals surface area contributed by atoms with E-state index in [-0.39, 0.29) is 0 Å². The van der Waals surface area contributed by atoms with Crippen LogP contribution in [-0.4, -0.2) is 5.78 Å². The quantitative estimate of drug-likeness (QED) is 0.779. The van der Waals surface area contributed by atoms with Crippen LogP contribution in [0.4, 0.5) is 0 Å². The van der Waals surface area contributed by atoms with Gasteiger partial charge in [0.1, 0.15) is 5.78 Å². The first kappa shape index (κ1) is 14.3. The Morgan fingerprint density at radius 1 is 1.10 bits per heavy atom. The number of carbonyl (C=O) groups is 1. The smallest absolute Gasteiger partial charge is 0.137 e. The molecule has 0 heterocycles. The van der Waals surface area contributed by atoms with E-state index in [2.05, 4.69) is 24.3 Å². The second-order valence-electron chi connectivity index (χ2n) is 5.83. The van der Waals surface area contributed by atoms with Crippen LogP contribution in [0.1, 0.15) is 41.9 Å². The lowest BCUT2D eigenvalue weighted by atomic mass is 9.80. The molecule has 21 heavy (non-hydrogen) atoms. The van der Waals surface area contributed by atoms with Gasteiger partial charge < -0.3 is 0 Å². The van der Waals surface area contributed by atoms with Crippen LogP contribution in [0.15, 0.2) is 48.5 Å². The van der Waals surface area contributed by atoms with Gasteiger partial charge in [-0.25, -0.2) is 0 Å². The molecular weight excluding hydrogens is 280 g/mol. The van der Waals surface area contributed by atoms with Gasteiger partial charge in [0.2, 0.25) is 0 Å². The second kappa shape index (κ2) is 6.44. The minimum atomic E-state index is 0.319. The fraction of sp³-hybridized carbons (Fsp3) is 0.316. The molecule has 2 aromatic rings. The lowest BCUT2D eigenvalue weighted by Crippen LogP contribution is -2.15. The summed E-state index contributed by atoms with van der Waals surface area (Å²) in [5, 5.41) is 0.715. The molecule has 0 fully saturated rings. The molecule has 0 bridgehead atoms. The number of aryl methyl sites for hydroxylation is 1. The molecule has 0 saturated heterocycles. The Morgan fingerprint density at radius 2 is 1.86 bits per heavy atom. The third kappa shape index (κ3) is 3.54. The fourth-order valence-electron chi connectivity index (χ4n) is 3.24. The Hall–Kier alpha value is -1.60. The number of hydrogen-bond acceptors (Lipinski definition) is 1. The second-order valence-corrected chi connectivity index (χ2v) is 6.27. The maximum absolute atomic E-state index is 12.3. The van der Waals surface area contributed by atoms with Crippen molar-refractivity contribution in [3.63, 3.8) is 0 Å². The molecule has 0 spiro atoms. The highest BCUT2D eigenvalue weighted by atomic mass is 35.5. The van der Waals surface area contributed by atoms with Crippen LogP contribution in [-0.2, 0) is 17.6 Å². The molecule has 108 valence electrons. The minimum Gasteiger partial charge on any atom is -0.299 e. The lowest BCUT2D eigenvalue weighted by Gasteiger charge is -2.25. The van der Waals surface area contributed by atoms with E-state index in [0.29, 0.717) is 29.6 Å². The summed E-state index contributed by atoms with van der Waals surface area (Å²) in [7, 11) is 0. The van der Waals surface area contributed by atoms with Crippen molar-refractivity contribution in [2.75, 3.05) is 0 Å². The standard InChI is InChI=1S/C19H19ClO/c20-17-10-8-14(9-11-17)12-18(21)13-16-6-3-5-15-4-1-2-7-19(15)16/h1-2,4,7-11,16H,3,5-6,12-13H2. The highest BCUT2D eigenvalue weighted by Gasteiger charge is 2.22. The summed E-state index contributed by atoms with van der Waals surface area (Å²) in [6.45, 7) is 0. The Kier molecular flexibility index (Phi) is 4.40. The monoisotopic (exact) mass is 298 g/mol.